The van der Waals surface area contributed by atoms with Crippen LogP contribution < -0.4 is 0 Å². The number of phenolic OH excluding ortho intramolecular Hbond substituents is 1. The fourth-order valence-electron chi connectivity index (χ4n) is 8.94. The van der Waals surface area contributed by atoms with Crippen LogP contribution in [0.4, 0.5) is 4.39 Å². The number of likely N-dealkylation sites (tertiary alicyclic amines) is 1. The molecule has 1 aliphatic heterocycles. The van der Waals surface area contributed by atoms with Crippen LogP contribution in [0.3, 0.4) is 0 Å². The lowest BCUT2D eigenvalue weighted by atomic mass is 9.44. The van der Waals surface area contributed by atoms with Crippen LogP contribution in [0.5, 0.6) is 5.75 Å². The number of aromatic hydroxyl groups is 1. The summed E-state index contributed by atoms with van der Waals surface area (Å²) in [5.41, 5.74) is 2.09. The summed E-state index contributed by atoms with van der Waals surface area (Å²) in [5, 5.41) is 10.2. The van der Waals surface area contributed by atoms with Gasteiger partial charge in [-0.25, -0.2) is 4.39 Å². The Hall–Kier alpha value is -5.43. The molecule has 0 radical (unpaired) electrons. The zero-order valence-corrected chi connectivity index (χ0v) is 26.0. The van der Waals surface area contributed by atoms with Crippen LogP contribution in [0, 0.1) is 29.5 Å². The normalized spacial score (nSPS) is 27.9. The number of hydrogen-bond acceptors (Lipinski definition) is 5. The number of hydrogen-bond donors (Lipinski definition) is 1. The first kappa shape index (κ1) is 29.9. The van der Waals surface area contributed by atoms with Gasteiger partial charge in [0.05, 0.1) is 23.8 Å². The first-order chi connectivity index (χ1) is 23.3. The number of allylic oxidation sites excluding steroid dienone is 4. The summed E-state index contributed by atoms with van der Waals surface area (Å²) in [6.07, 6.45) is 3.84. The molecule has 0 aromatic heterocycles. The highest BCUT2D eigenvalue weighted by atomic mass is 19.1. The number of fused-ring (bicyclic) bond motifs is 4. The number of carbonyl (C=O) groups excluding carboxylic acids is 4. The van der Waals surface area contributed by atoms with Crippen LogP contribution in [-0.2, 0) is 31.1 Å². The molecule has 8 rings (SSSR count). The van der Waals surface area contributed by atoms with Crippen molar-refractivity contribution in [1.82, 2.24) is 4.90 Å². The first-order valence-corrected chi connectivity index (χ1v) is 16.3. The summed E-state index contributed by atoms with van der Waals surface area (Å²) in [6.45, 7) is 0.149. The molecule has 1 heterocycles. The molecule has 0 unspecified atom stereocenters. The summed E-state index contributed by atoms with van der Waals surface area (Å²) < 4.78 is 15.2. The first-order valence-electron chi connectivity index (χ1n) is 16.3. The molecule has 7 heteroatoms. The molecule has 0 spiro atoms. The minimum Gasteiger partial charge on any atom is -0.505 e. The van der Waals surface area contributed by atoms with Crippen LogP contribution in [0.25, 0.3) is 5.57 Å². The number of Topliss-reactive ketones (excluding diaryl/α,β-unsaturated/α-hetero) is 1. The molecule has 1 N–H and O–H groups in total. The SMILES string of the molecule is O=C1C(c2ccccc2)=CC(=O)[C@@]2(c3ccccc3)[C@@H](c3ccc(O)c(F)c3)C3=CC[C@@H]4C(=O)N(Cc5ccccc5)C(=O)[C@@H]4[C@@H]3C[C@@H]12. The highest BCUT2D eigenvalue weighted by Gasteiger charge is 2.65. The molecule has 3 aliphatic carbocycles. The van der Waals surface area contributed by atoms with Gasteiger partial charge in [0.1, 0.15) is 0 Å². The lowest BCUT2D eigenvalue weighted by Gasteiger charge is -2.55. The van der Waals surface area contributed by atoms with E-state index >= 15 is 4.39 Å². The number of carbonyl (C=O) groups is 4. The monoisotopic (exact) mass is 637 g/mol. The Labute approximate surface area is 277 Å². The van der Waals surface area contributed by atoms with Gasteiger partial charge in [-0.1, -0.05) is 109 Å². The van der Waals surface area contributed by atoms with Gasteiger partial charge in [-0.3, -0.25) is 24.1 Å². The van der Waals surface area contributed by atoms with Crippen molar-refractivity contribution in [3.8, 4) is 5.75 Å². The van der Waals surface area contributed by atoms with E-state index in [-0.39, 0.29) is 42.8 Å². The molecular weight excluding hydrogens is 605 g/mol. The summed E-state index contributed by atoms with van der Waals surface area (Å²) in [5.74, 6) is -6.05. The van der Waals surface area contributed by atoms with Gasteiger partial charge in [-0.05, 0) is 59.2 Å². The van der Waals surface area contributed by atoms with Gasteiger partial charge in [-0.2, -0.15) is 0 Å². The van der Waals surface area contributed by atoms with Crippen LogP contribution >= 0.6 is 0 Å². The van der Waals surface area contributed by atoms with Gasteiger partial charge in [-0.15, -0.1) is 0 Å². The van der Waals surface area contributed by atoms with Crippen LogP contribution in [0.15, 0.2) is 127 Å². The maximum atomic E-state index is 15.2. The number of ketones is 2. The molecule has 2 amide bonds. The molecule has 6 nitrogen and oxygen atoms in total. The molecule has 0 bridgehead atoms. The minimum absolute atomic E-state index is 0.149. The Balaban J connectivity index is 1.34. The van der Waals surface area contributed by atoms with E-state index in [2.05, 4.69) is 0 Å². The van der Waals surface area contributed by atoms with E-state index < -0.39 is 46.6 Å². The standard InChI is InChI=1S/C41H32FNO5/c42-33-20-26(16-19-34(33)44)37-28-17-18-29-36(40(48)43(39(29)47)23-24-10-4-1-5-11-24)31(28)21-32-38(46)30(25-12-6-2-7-13-25)22-35(45)41(32,37)27-14-8-3-9-15-27/h1-17,19-20,22,29,31-32,36-37,44H,18,21,23H2/t29-,31+,32-,36-,37-,41-/m0/s1. The summed E-state index contributed by atoms with van der Waals surface area (Å²) in [6, 6.07) is 31.7. The van der Waals surface area contributed by atoms with Crippen molar-refractivity contribution < 1.29 is 28.7 Å². The Bertz CT molecular complexity index is 2040. The summed E-state index contributed by atoms with van der Waals surface area (Å²) in [4.78, 5) is 59.3. The van der Waals surface area contributed by atoms with Gasteiger partial charge in [0.15, 0.2) is 23.1 Å². The van der Waals surface area contributed by atoms with Crippen LogP contribution in [0.2, 0.25) is 0 Å². The molecule has 4 aromatic carbocycles. The van der Waals surface area contributed by atoms with Crippen molar-refractivity contribution in [3.63, 3.8) is 0 Å². The smallest absolute Gasteiger partial charge is 0.234 e. The third-order valence-corrected chi connectivity index (χ3v) is 11.0. The predicted molar refractivity (Wildman–Crippen MR) is 177 cm³/mol. The molecule has 238 valence electrons. The predicted octanol–water partition coefficient (Wildman–Crippen LogP) is 6.56. The molecule has 48 heavy (non-hydrogen) atoms. The minimum atomic E-state index is -1.45. The highest BCUT2D eigenvalue weighted by Crippen LogP contribution is 2.63. The third kappa shape index (κ3) is 4.37. The fraction of sp³-hybridized carbons (Fsp3) is 0.220. The maximum absolute atomic E-state index is 15.2. The molecule has 6 atom stereocenters. The van der Waals surface area contributed by atoms with Crippen molar-refractivity contribution in [2.24, 2.45) is 23.7 Å². The van der Waals surface area contributed by atoms with Gasteiger partial charge >= 0.3 is 0 Å². The lowest BCUT2D eigenvalue weighted by molar-refractivity contribution is -0.141. The maximum Gasteiger partial charge on any atom is 0.234 e. The van der Waals surface area contributed by atoms with E-state index in [1.54, 1.807) is 18.2 Å². The zero-order chi connectivity index (χ0) is 33.2. The topological polar surface area (TPSA) is 91.8 Å². The van der Waals surface area contributed by atoms with E-state index in [1.165, 1.54) is 23.1 Å². The lowest BCUT2D eigenvalue weighted by Crippen LogP contribution is -2.58. The number of benzene rings is 4. The number of halogens is 1. The van der Waals surface area contributed by atoms with Crippen molar-refractivity contribution in [3.05, 3.63) is 155 Å². The fourth-order valence-corrected chi connectivity index (χ4v) is 8.94. The Morgan fingerprint density at radius 3 is 2.15 bits per heavy atom. The van der Waals surface area contributed by atoms with E-state index in [4.69, 9.17) is 0 Å². The average Bonchev–Trinajstić information content (AvgIpc) is 3.36. The zero-order valence-electron chi connectivity index (χ0n) is 26.0. The number of imide groups is 1. The van der Waals surface area contributed by atoms with Gasteiger partial charge in [0.25, 0.3) is 0 Å². The Kier molecular flexibility index (Phi) is 7.09. The van der Waals surface area contributed by atoms with E-state index in [1.807, 2.05) is 84.9 Å². The van der Waals surface area contributed by atoms with Crippen molar-refractivity contribution >= 4 is 29.0 Å². The van der Waals surface area contributed by atoms with Gasteiger partial charge < -0.3 is 5.11 Å². The molecule has 1 saturated carbocycles. The third-order valence-electron chi connectivity index (χ3n) is 11.0. The summed E-state index contributed by atoms with van der Waals surface area (Å²) >= 11 is 0. The molecule has 4 aliphatic rings. The second-order valence-corrected chi connectivity index (χ2v) is 13.2. The highest BCUT2D eigenvalue weighted by molar-refractivity contribution is 6.31. The number of rotatable bonds is 5. The summed E-state index contributed by atoms with van der Waals surface area (Å²) in [7, 11) is 0. The van der Waals surface area contributed by atoms with Crippen molar-refractivity contribution in [1.29, 1.82) is 0 Å². The van der Waals surface area contributed by atoms with Crippen LogP contribution in [-0.4, -0.2) is 33.4 Å². The Morgan fingerprint density at radius 2 is 1.46 bits per heavy atom. The average molecular weight is 638 g/mol. The van der Waals surface area contributed by atoms with Crippen molar-refractivity contribution in [2.75, 3.05) is 0 Å². The Morgan fingerprint density at radius 1 is 0.792 bits per heavy atom. The van der Waals surface area contributed by atoms with E-state index in [9.17, 15) is 24.3 Å². The van der Waals surface area contributed by atoms with Crippen molar-refractivity contribution in [2.45, 2.75) is 30.7 Å². The number of phenols is 1. The number of amides is 2. The largest absolute Gasteiger partial charge is 0.505 e. The van der Waals surface area contributed by atoms with Gasteiger partial charge in [0, 0.05) is 17.4 Å². The van der Waals surface area contributed by atoms with E-state index in [0.29, 0.717) is 22.3 Å². The van der Waals surface area contributed by atoms with Gasteiger partial charge in [0.2, 0.25) is 11.8 Å². The molecule has 4 aromatic rings. The molecule has 2 fully saturated rings. The second-order valence-electron chi connectivity index (χ2n) is 13.2. The van der Waals surface area contributed by atoms with Crippen LogP contribution in [0.1, 0.15) is 41.0 Å². The molecular formula is C41H32FNO5. The van der Waals surface area contributed by atoms with E-state index in [0.717, 1.165) is 11.1 Å². The number of nitrogens with zero attached hydrogens (tertiary/aromatic N) is 1. The molecule has 1 saturated heterocycles. The second kappa shape index (κ2) is 11.4. The quantitative estimate of drug-likeness (QED) is 0.198.